The van der Waals surface area contributed by atoms with Crippen LogP contribution in [0.25, 0.3) is 0 Å². The predicted molar refractivity (Wildman–Crippen MR) is 118 cm³/mol. The van der Waals surface area contributed by atoms with Crippen LogP contribution in [0.15, 0.2) is 60.7 Å². The van der Waals surface area contributed by atoms with Gasteiger partial charge in [0.15, 0.2) is 0 Å². The molecular formula is C23H26N2O4Se. The molecule has 4 rings (SSSR count). The van der Waals surface area contributed by atoms with Crippen molar-refractivity contribution in [2.24, 2.45) is 0 Å². The average Bonchev–Trinajstić information content (AvgIpc) is 2.90. The number of carboxylic acid groups (broad SMARTS) is 2. The number of piperazine rings is 1. The molecule has 0 bridgehead atoms. The number of benzene rings is 2. The van der Waals surface area contributed by atoms with Crippen LogP contribution in [0.3, 0.4) is 0 Å². The molecule has 0 radical (unpaired) electrons. The fraction of sp³-hybridized carbons (Fsp3) is 0.304. The Balaban J connectivity index is 0.000000275. The van der Waals surface area contributed by atoms with Crippen molar-refractivity contribution in [3.05, 3.63) is 71.8 Å². The number of aliphatic carboxylic acids is 2. The molecule has 1 atom stereocenters. The van der Waals surface area contributed by atoms with Gasteiger partial charge in [0, 0.05) is 12.2 Å². The number of rotatable bonds is 3. The zero-order chi connectivity index (χ0) is 21.5. The van der Waals surface area contributed by atoms with Gasteiger partial charge in [-0.25, -0.2) is 9.59 Å². The summed E-state index contributed by atoms with van der Waals surface area (Å²) < 4.78 is 3.14. The van der Waals surface area contributed by atoms with Crippen LogP contribution in [0, 0.1) is 0 Å². The Hall–Kier alpha value is -2.44. The first-order chi connectivity index (χ1) is 14.4. The van der Waals surface area contributed by atoms with Gasteiger partial charge in [0.1, 0.15) is 0 Å². The third-order valence-corrected chi connectivity index (χ3v) is 7.77. The fourth-order valence-corrected chi connectivity index (χ4v) is 6.04. The van der Waals surface area contributed by atoms with E-state index in [-0.39, 0.29) is 0 Å². The number of fused-ring (bicyclic) bond motifs is 2. The van der Waals surface area contributed by atoms with Gasteiger partial charge in [0.2, 0.25) is 0 Å². The van der Waals surface area contributed by atoms with Crippen LogP contribution in [0.5, 0.6) is 0 Å². The molecule has 158 valence electrons. The normalized spacial score (nSPS) is 19.2. The Morgan fingerprint density at radius 1 is 0.900 bits per heavy atom. The molecule has 2 aromatic rings. The maximum Gasteiger partial charge on any atom is 0.328 e. The first kappa shape index (κ1) is 22.2. The smallest absolute Gasteiger partial charge is 0.328 e. The predicted octanol–water partition coefficient (Wildman–Crippen LogP) is 0.898. The first-order valence-corrected chi connectivity index (χ1v) is 11.6. The molecule has 0 spiro atoms. The molecule has 7 heteroatoms. The first-order valence-electron chi connectivity index (χ1n) is 9.85. The van der Waals surface area contributed by atoms with Gasteiger partial charge in [-0.05, 0) is 0 Å². The van der Waals surface area contributed by atoms with Crippen molar-refractivity contribution >= 4 is 35.8 Å². The molecule has 1 fully saturated rings. The third kappa shape index (κ3) is 6.03. The van der Waals surface area contributed by atoms with Gasteiger partial charge in [-0.2, -0.15) is 0 Å². The van der Waals surface area contributed by atoms with Crippen molar-refractivity contribution in [2.45, 2.75) is 12.5 Å². The Labute approximate surface area is 183 Å². The van der Waals surface area contributed by atoms with E-state index in [1.54, 1.807) is 20.1 Å². The van der Waals surface area contributed by atoms with E-state index in [0.29, 0.717) is 33.2 Å². The second-order valence-corrected chi connectivity index (χ2v) is 9.59. The molecule has 2 aliphatic heterocycles. The van der Waals surface area contributed by atoms with E-state index in [2.05, 4.69) is 65.4 Å². The minimum absolute atomic E-state index is 0.439. The second kappa shape index (κ2) is 10.5. The average molecular weight is 473 g/mol. The quantitative estimate of drug-likeness (QED) is 0.510. The van der Waals surface area contributed by atoms with Gasteiger partial charge in [0.25, 0.3) is 0 Å². The van der Waals surface area contributed by atoms with Gasteiger partial charge < -0.3 is 10.2 Å². The van der Waals surface area contributed by atoms with E-state index in [0.717, 1.165) is 0 Å². The van der Waals surface area contributed by atoms with E-state index < -0.39 is 11.9 Å². The van der Waals surface area contributed by atoms with Crippen molar-refractivity contribution in [1.29, 1.82) is 0 Å². The maximum atomic E-state index is 9.55. The molecular weight excluding hydrogens is 447 g/mol. The molecule has 1 unspecified atom stereocenters. The van der Waals surface area contributed by atoms with E-state index in [1.807, 2.05) is 0 Å². The summed E-state index contributed by atoms with van der Waals surface area (Å²) in [6.45, 7) is 4.74. The molecule has 30 heavy (non-hydrogen) atoms. The number of hydrogen-bond donors (Lipinski definition) is 2. The summed E-state index contributed by atoms with van der Waals surface area (Å²) in [6, 6.07) is 18.8. The van der Waals surface area contributed by atoms with Crippen LogP contribution >= 0.6 is 0 Å². The Morgan fingerprint density at radius 2 is 1.47 bits per heavy atom. The van der Waals surface area contributed by atoms with Crippen LogP contribution < -0.4 is 8.92 Å². The van der Waals surface area contributed by atoms with E-state index >= 15 is 0 Å². The van der Waals surface area contributed by atoms with E-state index in [1.165, 1.54) is 32.6 Å². The summed E-state index contributed by atoms with van der Waals surface area (Å²) in [5.41, 5.74) is 3.13. The summed E-state index contributed by atoms with van der Waals surface area (Å²) in [5.74, 6) is -2.51. The third-order valence-electron chi connectivity index (χ3n) is 5.23. The zero-order valence-electron chi connectivity index (χ0n) is 16.9. The van der Waals surface area contributed by atoms with E-state index in [9.17, 15) is 9.59 Å². The van der Waals surface area contributed by atoms with E-state index in [4.69, 9.17) is 10.2 Å². The molecule has 2 aliphatic rings. The minimum atomic E-state index is -1.26. The van der Waals surface area contributed by atoms with Crippen molar-refractivity contribution in [1.82, 2.24) is 9.80 Å². The van der Waals surface area contributed by atoms with Gasteiger partial charge in [0.05, 0.1) is 0 Å². The number of carboxylic acids is 2. The monoisotopic (exact) mass is 474 g/mol. The standard InChI is InChI=1S/C19H22N2Se.C4H4O4/c1-20-10-12-21(13-11-20)17-14-15-6-2-4-8-18(15)22-19-9-5-3-7-16(17)19;5-3(6)1-2-4(7)8/h2-9,17H,10-14H2,1H3;1-2H,(H,5,6)(H,7,8)/b;2-1-. The summed E-state index contributed by atoms with van der Waals surface area (Å²) >= 11 is 0.439. The number of nitrogens with zero attached hydrogens (tertiary/aromatic N) is 2. The molecule has 2 heterocycles. The topological polar surface area (TPSA) is 81.1 Å². The molecule has 1 saturated heterocycles. The van der Waals surface area contributed by atoms with Gasteiger partial charge in [-0.15, -0.1) is 0 Å². The summed E-state index contributed by atoms with van der Waals surface area (Å²) in [7, 11) is 2.23. The Bertz CT molecular complexity index is 907. The molecule has 2 aromatic carbocycles. The van der Waals surface area contributed by atoms with Crippen molar-refractivity contribution in [3.8, 4) is 0 Å². The van der Waals surface area contributed by atoms with Crippen LogP contribution in [0.2, 0.25) is 0 Å². The van der Waals surface area contributed by atoms with Crippen molar-refractivity contribution in [3.63, 3.8) is 0 Å². The molecule has 0 saturated carbocycles. The molecule has 0 aliphatic carbocycles. The zero-order valence-corrected chi connectivity index (χ0v) is 18.6. The largest absolute Gasteiger partial charge is 0.478 e. The summed E-state index contributed by atoms with van der Waals surface area (Å²) in [6.07, 6.45) is 2.28. The minimum Gasteiger partial charge on any atom is -0.478 e. The molecule has 0 aromatic heterocycles. The molecule has 0 amide bonds. The molecule has 2 N–H and O–H groups in total. The van der Waals surface area contributed by atoms with Gasteiger partial charge >= 0.3 is 151 Å². The van der Waals surface area contributed by atoms with Gasteiger partial charge in [-0.1, -0.05) is 0 Å². The Morgan fingerprint density at radius 3 is 2.10 bits per heavy atom. The molecule has 6 nitrogen and oxygen atoms in total. The number of hydrogen-bond acceptors (Lipinski definition) is 4. The SMILES string of the molecule is CN1CCN(C2Cc3ccccc3[Se]c3ccccc32)CC1.O=C(O)/C=C\C(=O)O. The van der Waals surface area contributed by atoms with Gasteiger partial charge in [-0.3, -0.25) is 0 Å². The number of likely N-dealkylation sites (N-methyl/N-ethyl adjacent to an activating group) is 1. The van der Waals surface area contributed by atoms with Crippen molar-refractivity contribution in [2.75, 3.05) is 33.2 Å². The summed E-state index contributed by atoms with van der Waals surface area (Å²) in [4.78, 5) is 24.3. The van der Waals surface area contributed by atoms with Crippen molar-refractivity contribution < 1.29 is 19.8 Å². The Kier molecular flexibility index (Phi) is 7.82. The van der Waals surface area contributed by atoms with Crippen LogP contribution in [-0.4, -0.2) is 80.1 Å². The number of carbonyl (C=O) groups is 2. The van der Waals surface area contributed by atoms with Crippen LogP contribution in [0.4, 0.5) is 0 Å². The van der Waals surface area contributed by atoms with Crippen LogP contribution in [-0.2, 0) is 16.0 Å². The fourth-order valence-electron chi connectivity index (χ4n) is 3.66. The maximum absolute atomic E-state index is 9.55. The second-order valence-electron chi connectivity index (χ2n) is 7.32. The van der Waals surface area contributed by atoms with Crippen LogP contribution in [0.1, 0.15) is 17.2 Å². The summed E-state index contributed by atoms with van der Waals surface area (Å²) in [5, 5.41) is 15.6.